The Morgan fingerprint density at radius 3 is 2.67 bits per heavy atom. The van der Waals surface area contributed by atoms with E-state index in [1.807, 2.05) is 24.9 Å². The molecule has 0 amide bonds. The van der Waals surface area contributed by atoms with Gasteiger partial charge < -0.3 is 16.0 Å². The maximum absolute atomic E-state index is 5.78. The highest BCUT2D eigenvalue weighted by molar-refractivity contribution is 5.47. The first-order valence-electron chi connectivity index (χ1n) is 6.51. The Bertz CT molecular complexity index is 351. The maximum Gasteiger partial charge on any atom is 0.133 e. The smallest absolute Gasteiger partial charge is 0.133 e. The molecule has 1 aromatic heterocycles. The number of hydrogen-bond acceptors (Lipinski definition) is 5. The van der Waals surface area contributed by atoms with Crippen LogP contribution in [0.5, 0.6) is 0 Å². The van der Waals surface area contributed by atoms with E-state index in [-0.39, 0.29) is 6.04 Å². The van der Waals surface area contributed by atoms with E-state index in [9.17, 15) is 0 Å². The van der Waals surface area contributed by atoms with E-state index in [0.29, 0.717) is 5.92 Å². The molecule has 1 rings (SSSR count). The van der Waals surface area contributed by atoms with Crippen LogP contribution >= 0.6 is 0 Å². The van der Waals surface area contributed by atoms with Gasteiger partial charge in [-0.2, -0.15) is 0 Å². The number of nitrogens with two attached hydrogens (primary N) is 1. The van der Waals surface area contributed by atoms with E-state index in [1.165, 1.54) is 0 Å². The van der Waals surface area contributed by atoms with Gasteiger partial charge in [0.15, 0.2) is 0 Å². The van der Waals surface area contributed by atoms with Gasteiger partial charge in [0.25, 0.3) is 0 Å². The van der Waals surface area contributed by atoms with Crippen molar-refractivity contribution < 1.29 is 0 Å². The van der Waals surface area contributed by atoms with Crippen molar-refractivity contribution in [2.24, 2.45) is 11.7 Å². The van der Waals surface area contributed by atoms with E-state index in [1.54, 1.807) is 6.33 Å². The van der Waals surface area contributed by atoms with Crippen LogP contribution in [0.4, 0.5) is 11.6 Å². The molecule has 3 N–H and O–H groups in total. The molecular weight excluding hydrogens is 226 g/mol. The second-order valence-corrected chi connectivity index (χ2v) is 5.23. The summed E-state index contributed by atoms with van der Waals surface area (Å²) in [5.74, 6) is 2.46. The molecule has 0 saturated carbocycles. The van der Waals surface area contributed by atoms with Crippen LogP contribution in [0.1, 0.15) is 27.2 Å². The third kappa shape index (κ3) is 5.31. The summed E-state index contributed by atoms with van der Waals surface area (Å²) in [4.78, 5) is 10.5. The van der Waals surface area contributed by atoms with Crippen molar-refractivity contribution in [3.05, 3.63) is 12.4 Å². The second-order valence-electron chi connectivity index (χ2n) is 5.23. The van der Waals surface area contributed by atoms with Crippen molar-refractivity contribution in [1.29, 1.82) is 0 Å². The van der Waals surface area contributed by atoms with Gasteiger partial charge in [-0.1, -0.05) is 13.8 Å². The lowest BCUT2D eigenvalue weighted by Crippen LogP contribution is -2.33. The normalized spacial score (nSPS) is 12.6. The van der Waals surface area contributed by atoms with Crippen LogP contribution in [-0.4, -0.2) is 36.1 Å². The third-order valence-corrected chi connectivity index (χ3v) is 2.63. The van der Waals surface area contributed by atoms with Gasteiger partial charge in [-0.15, -0.1) is 0 Å². The minimum absolute atomic E-state index is 0.127. The Labute approximate surface area is 110 Å². The molecule has 0 aromatic carbocycles. The first-order chi connectivity index (χ1) is 8.49. The van der Waals surface area contributed by atoms with E-state index in [0.717, 1.165) is 31.1 Å². The standard InChI is InChI=1S/C13H25N5/c1-10(2)5-6-15-12-7-13(17-9-16-12)18(4)8-11(3)14/h7,9-11H,5-6,8,14H2,1-4H3,(H,15,16,17). The fourth-order valence-electron chi connectivity index (χ4n) is 1.67. The summed E-state index contributed by atoms with van der Waals surface area (Å²) in [5.41, 5.74) is 5.78. The fourth-order valence-corrected chi connectivity index (χ4v) is 1.67. The van der Waals surface area contributed by atoms with Crippen LogP contribution in [0.2, 0.25) is 0 Å². The summed E-state index contributed by atoms with van der Waals surface area (Å²) >= 11 is 0. The molecule has 0 aliphatic carbocycles. The van der Waals surface area contributed by atoms with Crippen molar-refractivity contribution in [3.8, 4) is 0 Å². The summed E-state index contributed by atoms with van der Waals surface area (Å²) < 4.78 is 0. The molecule has 1 atom stereocenters. The largest absolute Gasteiger partial charge is 0.370 e. The zero-order valence-electron chi connectivity index (χ0n) is 11.8. The van der Waals surface area contributed by atoms with Gasteiger partial charge >= 0.3 is 0 Å². The van der Waals surface area contributed by atoms with E-state index >= 15 is 0 Å². The fraction of sp³-hybridized carbons (Fsp3) is 0.692. The Hall–Kier alpha value is -1.36. The zero-order chi connectivity index (χ0) is 13.5. The van der Waals surface area contributed by atoms with Crippen molar-refractivity contribution in [2.75, 3.05) is 30.4 Å². The van der Waals surface area contributed by atoms with Crippen molar-refractivity contribution in [1.82, 2.24) is 9.97 Å². The predicted octanol–water partition coefficient (Wildman–Crippen LogP) is 1.72. The number of rotatable bonds is 7. The van der Waals surface area contributed by atoms with E-state index < -0.39 is 0 Å². The zero-order valence-corrected chi connectivity index (χ0v) is 11.8. The van der Waals surface area contributed by atoms with Crippen LogP contribution in [0.15, 0.2) is 12.4 Å². The van der Waals surface area contributed by atoms with Gasteiger partial charge in [0, 0.05) is 32.2 Å². The van der Waals surface area contributed by atoms with Crippen LogP contribution < -0.4 is 16.0 Å². The molecule has 1 unspecified atom stereocenters. The lowest BCUT2D eigenvalue weighted by atomic mass is 10.1. The molecule has 0 fully saturated rings. The highest BCUT2D eigenvalue weighted by Crippen LogP contribution is 2.13. The molecule has 0 aliphatic heterocycles. The summed E-state index contributed by atoms with van der Waals surface area (Å²) in [6.45, 7) is 8.13. The van der Waals surface area contributed by atoms with Gasteiger partial charge in [0.1, 0.15) is 18.0 Å². The number of nitrogens with zero attached hydrogens (tertiary/aromatic N) is 3. The lowest BCUT2D eigenvalue weighted by Gasteiger charge is -2.20. The third-order valence-electron chi connectivity index (χ3n) is 2.63. The van der Waals surface area contributed by atoms with Gasteiger partial charge in [0.2, 0.25) is 0 Å². The van der Waals surface area contributed by atoms with Crippen molar-refractivity contribution >= 4 is 11.6 Å². The number of aromatic nitrogens is 2. The van der Waals surface area contributed by atoms with Crippen LogP contribution in [0.3, 0.4) is 0 Å². The SMILES string of the molecule is CC(C)CCNc1cc(N(C)CC(C)N)ncn1. The maximum atomic E-state index is 5.78. The molecule has 1 aromatic rings. The van der Waals surface area contributed by atoms with Crippen LogP contribution in [-0.2, 0) is 0 Å². The Balaban J connectivity index is 2.56. The number of nitrogens with one attached hydrogen (secondary N) is 1. The molecule has 102 valence electrons. The number of hydrogen-bond donors (Lipinski definition) is 2. The van der Waals surface area contributed by atoms with Gasteiger partial charge in [-0.3, -0.25) is 0 Å². The van der Waals surface area contributed by atoms with Gasteiger partial charge in [-0.05, 0) is 19.3 Å². The molecule has 0 radical (unpaired) electrons. The van der Waals surface area contributed by atoms with E-state index in [2.05, 4.69) is 29.1 Å². The minimum Gasteiger partial charge on any atom is -0.370 e. The highest BCUT2D eigenvalue weighted by atomic mass is 15.2. The summed E-state index contributed by atoms with van der Waals surface area (Å²) in [6, 6.07) is 2.09. The van der Waals surface area contributed by atoms with Gasteiger partial charge in [0.05, 0.1) is 0 Å². The molecule has 5 nitrogen and oxygen atoms in total. The average Bonchev–Trinajstić information content (AvgIpc) is 2.28. The lowest BCUT2D eigenvalue weighted by molar-refractivity contribution is 0.606. The summed E-state index contributed by atoms with van der Waals surface area (Å²) in [6.07, 6.45) is 2.72. The molecule has 18 heavy (non-hydrogen) atoms. The van der Waals surface area contributed by atoms with Crippen LogP contribution in [0.25, 0.3) is 0 Å². The Morgan fingerprint density at radius 1 is 1.33 bits per heavy atom. The molecular formula is C13H25N5. The molecule has 1 heterocycles. The Kier molecular flexibility index (Phi) is 5.85. The van der Waals surface area contributed by atoms with E-state index in [4.69, 9.17) is 5.73 Å². The molecule has 0 saturated heterocycles. The number of likely N-dealkylation sites (N-methyl/N-ethyl adjacent to an activating group) is 1. The molecule has 0 bridgehead atoms. The first-order valence-corrected chi connectivity index (χ1v) is 6.51. The quantitative estimate of drug-likeness (QED) is 0.772. The van der Waals surface area contributed by atoms with Crippen molar-refractivity contribution in [3.63, 3.8) is 0 Å². The highest BCUT2D eigenvalue weighted by Gasteiger charge is 2.06. The summed E-state index contributed by atoms with van der Waals surface area (Å²) in [7, 11) is 1.99. The van der Waals surface area contributed by atoms with Gasteiger partial charge in [-0.25, -0.2) is 9.97 Å². The molecule has 5 heteroatoms. The first kappa shape index (κ1) is 14.7. The predicted molar refractivity (Wildman–Crippen MR) is 76.9 cm³/mol. The van der Waals surface area contributed by atoms with Crippen LogP contribution in [0, 0.1) is 5.92 Å². The number of anilines is 2. The molecule has 0 aliphatic rings. The average molecular weight is 251 g/mol. The monoisotopic (exact) mass is 251 g/mol. The Morgan fingerprint density at radius 2 is 2.06 bits per heavy atom. The second kappa shape index (κ2) is 7.16. The topological polar surface area (TPSA) is 67.1 Å². The van der Waals surface area contributed by atoms with Crippen molar-refractivity contribution in [2.45, 2.75) is 33.2 Å². The minimum atomic E-state index is 0.127. The molecule has 0 spiro atoms. The summed E-state index contributed by atoms with van der Waals surface area (Å²) in [5, 5.41) is 3.32.